The van der Waals surface area contributed by atoms with Gasteiger partial charge in [0.1, 0.15) is 11.4 Å². The molecule has 1 aliphatic heterocycles. The first-order valence-electron chi connectivity index (χ1n) is 7.02. The molecule has 2 rings (SSSR count). The quantitative estimate of drug-likeness (QED) is 0.683. The highest BCUT2D eigenvalue weighted by atomic mass is 79.9. The molecule has 6 nitrogen and oxygen atoms in total. The van der Waals surface area contributed by atoms with E-state index in [9.17, 15) is 9.59 Å². The number of esters is 2. The zero-order chi connectivity index (χ0) is 18.6. The van der Waals surface area contributed by atoms with Gasteiger partial charge >= 0.3 is 11.9 Å². The molecule has 0 spiro atoms. The summed E-state index contributed by atoms with van der Waals surface area (Å²) in [5.41, 5.74) is 0.576. The summed E-state index contributed by atoms with van der Waals surface area (Å²) in [6.07, 6.45) is 6.38. The number of nitrogens with zero attached hydrogens (tertiary/aromatic N) is 1. The van der Waals surface area contributed by atoms with Gasteiger partial charge in [-0.25, -0.2) is 9.59 Å². The van der Waals surface area contributed by atoms with Gasteiger partial charge in [-0.1, -0.05) is 17.7 Å². The molecule has 0 saturated carbocycles. The molecule has 0 aromatic heterocycles. The number of hydrogen-bond donors (Lipinski definition) is 0. The molecule has 0 atom stereocenters. The second-order valence-electron chi connectivity index (χ2n) is 4.75. The van der Waals surface area contributed by atoms with Crippen LogP contribution in [0, 0.1) is 0 Å². The normalized spacial score (nSPS) is 13.6. The van der Waals surface area contributed by atoms with Crippen molar-refractivity contribution >= 4 is 45.2 Å². The van der Waals surface area contributed by atoms with E-state index in [4.69, 9.17) is 25.8 Å². The van der Waals surface area contributed by atoms with E-state index in [1.54, 1.807) is 30.5 Å². The molecular weight excluding hydrogens is 414 g/mol. The van der Waals surface area contributed by atoms with Crippen molar-refractivity contribution in [3.8, 4) is 5.75 Å². The highest BCUT2D eigenvalue weighted by molar-refractivity contribution is 9.10. The molecule has 0 saturated heterocycles. The topological polar surface area (TPSA) is 65.1 Å². The monoisotopic (exact) mass is 427 g/mol. The Kier molecular flexibility index (Phi) is 6.27. The number of anilines is 1. The summed E-state index contributed by atoms with van der Waals surface area (Å²) in [6.45, 7) is 0. The molecule has 25 heavy (non-hydrogen) atoms. The summed E-state index contributed by atoms with van der Waals surface area (Å²) < 4.78 is 15.4. The van der Waals surface area contributed by atoms with Crippen molar-refractivity contribution in [2.24, 2.45) is 0 Å². The lowest BCUT2D eigenvalue weighted by atomic mass is 10.1. The highest BCUT2D eigenvalue weighted by Crippen LogP contribution is 2.39. The smallest absolute Gasteiger partial charge is 0.355 e. The fourth-order valence-electron chi connectivity index (χ4n) is 2.21. The molecule has 0 amide bonds. The molecule has 1 heterocycles. The number of halogens is 2. The first-order chi connectivity index (χ1) is 11.9. The van der Waals surface area contributed by atoms with E-state index < -0.39 is 11.9 Å². The van der Waals surface area contributed by atoms with Crippen LogP contribution in [0.15, 0.2) is 52.3 Å². The number of hydrogen-bond acceptors (Lipinski definition) is 6. The van der Waals surface area contributed by atoms with Gasteiger partial charge in [0, 0.05) is 10.7 Å². The van der Waals surface area contributed by atoms with Gasteiger partial charge in [0.2, 0.25) is 0 Å². The largest absolute Gasteiger partial charge is 0.495 e. The summed E-state index contributed by atoms with van der Waals surface area (Å²) in [5.74, 6) is -0.900. The number of allylic oxidation sites excluding steroid dienone is 2. The molecule has 1 aromatic rings. The third-order valence-electron chi connectivity index (χ3n) is 3.37. The van der Waals surface area contributed by atoms with Crippen LogP contribution >= 0.6 is 27.5 Å². The fraction of sp³-hybridized carbons (Fsp3) is 0.176. The van der Waals surface area contributed by atoms with Crippen LogP contribution in [-0.2, 0) is 19.1 Å². The number of carbonyl (C=O) groups excluding carboxylic acids is 2. The molecule has 0 aliphatic carbocycles. The fourth-order valence-corrected chi connectivity index (χ4v) is 2.96. The Balaban J connectivity index is 2.71. The predicted molar refractivity (Wildman–Crippen MR) is 97.5 cm³/mol. The molecule has 0 N–H and O–H groups in total. The Hall–Kier alpha value is -2.25. The third kappa shape index (κ3) is 3.88. The van der Waals surface area contributed by atoms with Crippen molar-refractivity contribution in [2.75, 3.05) is 26.2 Å². The van der Waals surface area contributed by atoms with E-state index in [-0.39, 0.29) is 11.3 Å². The molecule has 0 fully saturated rings. The van der Waals surface area contributed by atoms with Crippen LogP contribution < -0.4 is 9.64 Å². The minimum Gasteiger partial charge on any atom is -0.495 e. The van der Waals surface area contributed by atoms with Gasteiger partial charge in [-0.05, 0) is 40.2 Å². The second kappa shape index (κ2) is 8.22. The average molecular weight is 429 g/mol. The first-order valence-corrected chi connectivity index (χ1v) is 8.19. The van der Waals surface area contributed by atoms with E-state index in [0.29, 0.717) is 20.9 Å². The van der Waals surface area contributed by atoms with Crippen molar-refractivity contribution < 1.29 is 23.8 Å². The zero-order valence-corrected chi connectivity index (χ0v) is 16.1. The van der Waals surface area contributed by atoms with Crippen molar-refractivity contribution in [2.45, 2.75) is 0 Å². The number of rotatable bonds is 4. The van der Waals surface area contributed by atoms with E-state index in [1.807, 2.05) is 0 Å². The van der Waals surface area contributed by atoms with Gasteiger partial charge in [0.15, 0.2) is 0 Å². The Morgan fingerprint density at radius 1 is 1.08 bits per heavy atom. The standard InChI is InChI=1S/C17H15BrClNO5/c1-23-14-8-11(18)13(9-12(14)19)20-7-5-4-6-10(16(21)24-2)15(20)17(22)25-3/h4-9H,1-3H3. The first kappa shape index (κ1) is 19.1. The number of ether oxygens (including phenoxy) is 3. The number of methoxy groups -OCH3 is 3. The lowest BCUT2D eigenvalue weighted by molar-refractivity contribution is -0.139. The van der Waals surface area contributed by atoms with E-state index >= 15 is 0 Å². The lowest BCUT2D eigenvalue weighted by Gasteiger charge is -2.24. The van der Waals surface area contributed by atoms with Gasteiger partial charge in [0.25, 0.3) is 0 Å². The van der Waals surface area contributed by atoms with Gasteiger partial charge in [-0.2, -0.15) is 0 Å². The van der Waals surface area contributed by atoms with Crippen molar-refractivity contribution in [3.05, 3.63) is 57.3 Å². The average Bonchev–Trinajstić information content (AvgIpc) is 2.84. The van der Waals surface area contributed by atoms with Crippen molar-refractivity contribution in [1.82, 2.24) is 0 Å². The summed E-state index contributed by atoms with van der Waals surface area (Å²) in [4.78, 5) is 26.0. The van der Waals surface area contributed by atoms with Crippen LogP contribution in [0.1, 0.15) is 0 Å². The maximum absolute atomic E-state index is 12.4. The highest BCUT2D eigenvalue weighted by Gasteiger charge is 2.28. The van der Waals surface area contributed by atoms with Crippen LogP contribution in [-0.4, -0.2) is 33.3 Å². The Morgan fingerprint density at radius 3 is 2.36 bits per heavy atom. The Bertz CT molecular complexity index is 800. The van der Waals surface area contributed by atoms with Crippen LogP contribution in [0.3, 0.4) is 0 Å². The summed E-state index contributed by atoms with van der Waals surface area (Å²) >= 11 is 9.64. The maximum Gasteiger partial charge on any atom is 0.355 e. The van der Waals surface area contributed by atoms with Gasteiger partial charge < -0.3 is 19.1 Å². The van der Waals surface area contributed by atoms with Crippen LogP contribution in [0.25, 0.3) is 0 Å². The minimum absolute atomic E-state index is 0.00119. The summed E-state index contributed by atoms with van der Waals surface area (Å²) in [7, 11) is 3.97. The molecule has 1 aliphatic rings. The molecule has 8 heteroatoms. The van der Waals surface area contributed by atoms with Crippen molar-refractivity contribution in [3.63, 3.8) is 0 Å². The summed E-state index contributed by atoms with van der Waals surface area (Å²) in [5, 5.41) is 0.343. The van der Waals surface area contributed by atoms with E-state index in [0.717, 1.165) is 0 Å². The van der Waals surface area contributed by atoms with Gasteiger partial charge in [-0.3, -0.25) is 0 Å². The maximum atomic E-state index is 12.4. The molecule has 132 valence electrons. The molecule has 0 unspecified atom stereocenters. The third-order valence-corrected chi connectivity index (χ3v) is 4.30. The number of benzene rings is 1. The lowest BCUT2D eigenvalue weighted by Crippen LogP contribution is -2.27. The predicted octanol–water partition coefficient (Wildman–Crippen LogP) is 3.60. The van der Waals surface area contributed by atoms with Crippen LogP contribution in [0.5, 0.6) is 5.75 Å². The van der Waals surface area contributed by atoms with Gasteiger partial charge in [0.05, 0.1) is 37.6 Å². The molecule has 0 bridgehead atoms. The van der Waals surface area contributed by atoms with Crippen LogP contribution in [0.4, 0.5) is 5.69 Å². The second-order valence-corrected chi connectivity index (χ2v) is 6.02. The number of carbonyl (C=O) groups is 2. The summed E-state index contributed by atoms with van der Waals surface area (Å²) in [6, 6.07) is 3.27. The molecule has 0 radical (unpaired) electrons. The Morgan fingerprint density at radius 2 is 1.76 bits per heavy atom. The van der Waals surface area contributed by atoms with Crippen molar-refractivity contribution in [1.29, 1.82) is 0 Å². The van der Waals surface area contributed by atoms with Gasteiger partial charge in [-0.15, -0.1) is 0 Å². The van der Waals surface area contributed by atoms with E-state index in [2.05, 4.69) is 15.9 Å². The minimum atomic E-state index is -0.699. The molecule has 1 aromatic carbocycles. The Labute approximate surface area is 158 Å². The zero-order valence-electron chi connectivity index (χ0n) is 13.7. The molecular formula is C17H15BrClNO5. The van der Waals surface area contributed by atoms with E-state index in [1.165, 1.54) is 32.3 Å². The van der Waals surface area contributed by atoms with Crippen LogP contribution in [0.2, 0.25) is 5.02 Å². The SMILES string of the molecule is COC(=O)C1=C(C(=O)OC)N(c2cc(Cl)c(OC)cc2Br)C=CC=C1.